The number of unbranched alkanes of at least 4 members (excludes halogenated alkanes) is 3. The van der Waals surface area contributed by atoms with Gasteiger partial charge in [-0.1, -0.05) is 38.3 Å². The van der Waals surface area contributed by atoms with Crippen LogP contribution in [0.1, 0.15) is 79.9 Å². The average Bonchev–Trinajstić information content (AvgIpc) is 2.99. The Morgan fingerprint density at radius 1 is 1.07 bits per heavy atom. The van der Waals surface area contributed by atoms with Gasteiger partial charge in [-0.2, -0.15) is 0 Å². The second kappa shape index (κ2) is 10.7. The molecule has 0 aliphatic carbocycles. The molecule has 1 N–H and O–H groups in total. The van der Waals surface area contributed by atoms with Crippen molar-refractivity contribution in [3.05, 3.63) is 46.0 Å². The molecule has 0 aliphatic heterocycles. The molecular formula is C24H35N3O2S. The van der Waals surface area contributed by atoms with E-state index in [1.54, 1.807) is 4.90 Å². The van der Waals surface area contributed by atoms with Gasteiger partial charge in [0.2, 0.25) is 5.91 Å². The predicted molar refractivity (Wildman–Crippen MR) is 125 cm³/mol. The number of thiazole rings is 1. The molecule has 0 aliphatic rings. The number of aryl methyl sites for hydroxylation is 3. The van der Waals surface area contributed by atoms with Crippen molar-refractivity contribution < 1.29 is 9.59 Å². The molecule has 2 amide bonds. The van der Waals surface area contributed by atoms with Crippen molar-refractivity contribution in [2.24, 2.45) is 0 Å². The van der Waals surface area contributed by atoms with Gasteiger partial charge in [-0.05, 0) is 65.2 Å². The Hall–Kier alpha value is -2.21. The SMILES string of the molecule is CCCCCCc1ccc(C(=O)N(CC(=O)Nc2nc(C)c(C)s2)C(C)(C)C)cc1. The minimum absolute atomic E-state index is 0.0151. The third-order valence-electron chi connectivity index (χ3n) is 5.15. The normalized spacial score (nSPS) is 11.4. The minimum Gasteiger partial charge on any atom is -0.324 e. The number of anilines is 1. The Balaban J connectivity index is 2.05. The summed E-state index contributed by atoms with van der Waals surface area (Å²) in [5.74, 6) is -0.374. The van der Waals surface area contributed by atoms with Gasteiger partial charge in [0.1, 0.15) is 6.54 Å². The lowest BCUT2D eigenvalue weighted by molar-refractivity contribution is -0.117. The van der Waals surface area contributed by atoms with Gasteiger partial charge in [0.15, 0.2) is 5.13 Å². The Morgan fingerprint density at radius 2 is 1.73 bits per heavy atom. The molecule has 30 heavy (non-hydrogen) atoms. The van der Waals surface area contributed by atoms with E-state index in [-0.39, 0.29) is 18.4 Å². The van der Waals surface area contributed by atoms with Crippen LogP contribution in [0.4, 0.5) is 5.13 Å². The summed E-state index contributed by atoms with van der Waals surface area (Å²) in [5, 5.41) is 3.40. The number of hydrogen-bond acceptors (Lipinski definition) is 4. The molecule has 0 fully saturated rings. The van der Waals surface area contributed by atoms with E-state index in [0.717, 1.165) is 17.0 Å². The molecule has 164 valence electrons. The molecule has 0 saturated carbocycles. The zero-order valence-electron chi connectivity index (χ0n) is 19.2. The first-order valence-electron chi connectivity index (χ1n) is 10.8. The summed E-state index contributed by atoms with van der Waals surface area (Å²) in [6, 6.07) is 7.81. The van der Waals surface area contributed by atoms with Gasteiger partial charge in [-0.15, -0.1) is 11.3 Å². The van der Waals surface area contributed by atoms with E-state index in [1.807, 2.05) is 58.9 Å². The zero-order valence-corrected chi connectivity index (χ0v) is 20.0. The number of carbonyl (C=O) groups excluding carboxylic acids is 2. The molecule has 0 bridgehead atoms. The summed E-state index contributed by atoms with van der Waals surface area (Å²) in [4.78, 5) is 32.8. The fraction of sp³-hybridized carbons (Fsp3) is 0.542. The first-order chi connectivity index (χ1) is 14.1. The number of benzene rings is 1. The highest BCUT2D eigenvalue weighted by Crippen LogP contribution is 2.22. The average molecular weight is 430 g/mol. The number of aromatic nitrogens is 1. The lowest BCUT2D eigenvalue weighted by atomic mass is 10.0. The van der Waals surface area contributed by atoms with Gasteiger partial charge < -0.3 is 10.2 Å². The van der Waals surface area contributed by atoms with Gasteiger partial charge >= 0.3 is 0 Å². The second-order valence-corrected chi connectivity index (χ2v) is 9.98. The Kier molecular flexibility index (Phi) is 8.59. The molecule has 2 rings (SSSR count). The third kappa shape index (κ3) is 6.94. The van der Waals surface area contributed by atoms with E-state index in [2.05, 4.69) is 17.2 Å². The van der Waals surface area contributed by atoms with E-state index in [1.165, 1.54) is 42.6 Å². The molecule has 0 unspecified atom stereocenters. The van der Waals surface area contributed by atoms with E-state index >= 15 is 0 Å². The van der Waals surface area contributed by atoms with Crippen LogP contribution in [0.25, 0.3) is 0 Å². The van der Waals surface area contributed by atoms with Gasteiger partial charge in [-0.25, -0.2) is 4.98 Å². The number of hydrogen-bond donors (Lipinski definition) is 1. The number of nitrogens with one attached hydrogen (secondary N) is 1. The first-order valence-corrected chi connectivity index (χ1v) is 11.6. The quantitative estimate of drug-likeness (QED) is 0.515. The van der Waals surface area contributed by atoms with Crippen molar-refractivity contribution in [3.8, 4) is 0 Å². The standard InChI is InChI=1S/C24H35N3O2S/c1-7-8-9-10-11-19-12-14-20(15-13-19)22(29)27(24(4,5)6)16-21(28)26-23-25-17(2)18(3)30-23/h12-15H,7-11,16H2,1-6H3,(H,25,26,28). The van der Waals surface area contributed by atoms with Crippen LogP contribution >= 0.6 is 11.3 Å². The van der Waals surface area contributed by atoms with E-state index in [4.69, 9.17) is 0 Å². The van der Waals surface area contributed by atoms with Crippen LogP contribution in [0.2, 0.25) is 0 Å². The fourth-order valence-corrected chi connectivity index (χ4v) is 4.00. The molecule has 0 spiro atoms. The topological polar surface area (TPSA) is 62.3 Å². The predicted octanol–water partition coefficient (Wildman–Crippen LogP) is 5.76. The molecule has 2 aromatic rings. The lowest BCUT2D eigenvalue weighted by Gasteiger charge is -2.35. The van der Waals surface area contributed by atoms with Crippen molar-refractivity contribution >= 4 is 28.3 Å². The molecule has 0 saturated heterocycles. The molecule has 0 atom stereocenters. The van der Waals surface area contributed by atoms with Crippen LogP contribution in [0, 0.1) is 13.8 Å². The highest BCUT2D eigenvalue weighted by molar-refractivity contribution is 7.15. The summed E-state index contributed by atoms with van der Waals surface area (Å²) in [5.41, 5.74) is 2.28. The van der Waals surface area contributed by atoms with Crippen molar-refractivity contribution in [2.45, 2.75) is 79.2 Å². The highest BCUT2D eigenvalue weighted by atomic mass is 32.1. The van der Waals surface area contributed by atoms with Crippen molar-refractivity contribution in [3.63, 3.8) is 0 Å². The van der Waals surface area contributed by atoms with E-state index < -0.39 is 5.54 Å². The fourth-order valence-electron chi connectivity index (χ4n) is 3.17. The van der Waals surface area contributed by atoms with Crippen LogP contribution in [0.15, 0.2) is 24.3 Å². The molecule has 6 heteroatoms. The molecular weight excluding hydrogens is 394 g/mol. The van der Waals surface area contributed by atoms with Crippen LogP contribution in [0.3, 0.4) is 0 Å². The van der Waals surface area contributed by atoms with E-state index in [9.17, 15) is 9.59 Å². The van der Waals surface area contributed by atoms with Crippen LogP contribution in [0.5, 0.6) is 0 Å². The smallest absolute Gasteiger partial charge is 0.254 e. The van der Waals surface area contributed by atoms with E-state index in [0.29, 0.717) is 10.7 Å². The second-order valence-electron chi connectivity index (χ2n) is 8.78. The molecule has 0 radical (unpaired) electrons. The Bertz CT molecular complexity index is 831. The zero-order chi connectivity index (χ0) is 22.3. The highest BCUT2D eigenvalue weighted by Gasteiger charge is 2.29. The largest absolute Gasteiger partial charge is 0.324 e. The summed E-state index contributed by atoms with van der Waals surface area (Å²) < 4.78 is 0. The molecule has 1 heterocycles. The third-order valence-corrected chi connectivity index (χ3v) is 6.14. The van der Waals surface area contributed by atoms with Gasteiger partial charge in [0.25, 0.3) is 5.91 Å². The van der Waals surface area contributed by atoms with Crippen molar-refractivity contribution in [1.29, 1.82) is 0 Å². The van der Waals surface area contributed by atoms with Crippen LogP contribution in [-0.2, 0) is 11.2 Å². The maximum absolute atomic E-state index is 13.2. The monoisotopic (exact) mass is 429 g/mol. The summed E-state index contributed by atoms with van der Waals surface area (Å²) >= 11 is 1.45. The summed E-state index contributed by atoms with van der Waals surface area (Å²) in [7, 11) is 0. The number of nitrogens with zero attached hydrogens (tertiary/aromatic N) is 2. The maximum atomic E-state index is 13.2. The summed E-state index contributed by atoms with van der Waals surface area (Å²) in [6.07, 6.45) is 5.94. The van der Waals surface area contributed by atoms with Crippen molar-refractivity contribution in [1.82, 2.24) is 9.88 Å². The minimum atomic E-state index is -0.484. The van der Waals surface area contributed by atoms with Crippen LogP contribution in [-0.4, -0.2) is 33.8 Å². The lowest BCUT2D eigenvalue weighted by Crippen LogP contribution is -2.49. The first kappa shape index (κ1) is 24.1. The van der Waals surface area contributed by atoms with Gasteiger partial charge in [0, 0.05) is 16.0 Å². The van der Waals surface area contributed by atoms with Gasteiger partial charge in [-0.3, -0.25) is 9.59 Å². The molecule has 5 nitrogen and oxygen atoms in total. The number of rotatable bonds is 9. The Labute approximate surface area is 184 Å². The van der Waals surface area contributed by atoms with Crippen LogP contribution < -0.4 is 5.32 Å². The number of carbonyl (C=O) groups is 2. The molecule has 1 aromatic carbocycles. The Morgan fingerprint density at radius 3 is 2.27 bits per heavy atom. The van der Waals surface area contributed by atoms with Crippen molar-refractivity contribution in [2.75, 3.05) is 11.9 Å². The number of amides is 2. The maximum Gasteiger partial charge on any atom is 0.254 e. The molecule has 1 aromatic heterocycles. The van der Waals surface area contributed by atoms with Gasteiger partial charge in [0.05, 0.1) is 5.69 Å². The summed E-state index contributed by atoms with van der Waals surface area (Å²) in [6.45, 7) is 11.9.